The maximum Gasteiger partial charge on any atom is 0.221 e. The summed E-state index contributed by atoms with van der Waals surface area (Å²) in [5.41, 5.74) is 2.09. The second-order valence-electron chi connectivity index (χ2n) is 7.30. The zero-order chi connectivity index (χ0) is 19.4. The van der Waals surface area contributed by atoms with E-state index in [4.69, 9.17) is 0 Å². The summed E-state index contributed by atoms with van der Waals surface area (Å²) in [7, 11) is 6.08. The number of rotatable bonds is 6. The van der Waals surface area contributed by atoms with Crippen LogP contribution >= 0.6 is 0 Å². The van der Waals surface area contributed by atoms with Crippen LogP contribution in [0.5, 0.6) is 0 Å². The number of carbonyl (C=O) groups excluding carboxylic acids is 1. The third kappa shape index (κ3) is 4.95. The molecule has 0 saturated carbocycles. The van der Waals surface area contributed by atoms with Gasteiger partial charge in [-0.25, -0.2) is 9.97 Å². The molecule has 1 fully saturated rings. The van der Waals surface area contributed by atoms with E-state index in [0.29, 0.717) is 6.04 Å². The molecule has 0 bridgehead atoms. The number of nitrogens with zero attached hydrogens (tertiary/aromatic N) is 5. The normalized spacial score (nSPS) is 17.0. The van der Waals surface area contributed by atoms with Crippen LogP contribution in [0.2, 0.25) is 0 Å². The van der Waals surface area contributed by atoms with E-state index in [1.807, 2.05) is 37.2 Å². The van der Waals surface area contributed by atoms with Gasteiger partial charge < -0.3 is 15.1 Å². The van der Waals surface area contributed by atoms with Crippen LogP contribution in [-0.2, 0) is 11.3 Å². The number of likely N-dealkylation sites (tertiary alicyclic amines) is 1. The van der Waals surface area contributed by atoms with E-state index >= 15 is 0 Å². The summed E-state index contributed by atoms with van der Waals surface area (Å²) in [6, 6.07) is 10.5. The molecule has 3 rings (SSSR count). The molecule has 1 N–H and O–H groups in total. The molecule has 27 heavy (non-hydrogen) atoms. The first-order chi connectivity index (χ1) is 12.9. The number of carbonyl (C=O) groups is 1. The molecule has 1 atom stereocenters. The first kappa shape index (κ1) is 19.1. The number of nitrogens with one attached hydrogen (secondary N) is 1. The molecule has 1 unspecified atom stereocenters. The third-order valence-corrected chi connectivity index (χ3v) is 4.93. The fourth-order valence-electron chi connectivity index (χ4n) is 3.39. The minimum atomic E-state index is -0.0460. The molecule has 0 spiro atoms. The van der Waals surface area contributed by atoms with Crippen molar-refractivity contribution < 1.29 is 4.79 Å². The summed E-state index contributed by atoms with van der Waals surface area (Å²) in [4.78, 5) is 26.6. The molecule has 7 heteroatoms. The Morgan fingerprint density at radius 1 is 1.19 bits per heavy atom. The van der Waals surface area contributed by atoms with E-state index in [1.54, 1.807) is 6.33 Å². The smallest absolute Gasteiger partial charge is 0.221 e. The number of hydrogen-bond donors (Lipinski definition) is 1. The Hall–Kier alpha value is -2.67. The molecule has 1 amide bonds. The number of anilines is 3. The van der Waals surface area contributed by atoms with Gasteiger partial charge in [0.05, 0.1) is 0 Å². The van der Waals surface area contributed by atoms with E-state index in [-0.39, 0.29) is 5.91 Å². The van der Waals surface area contributed by atoms with Crippen molar-refractivity contribution in [3.8, 4) is 0 Å². The molecule has 2 aromatic rings. The Morgan fingerprint density at radius 2 is 1.89 bits per heavy atom. The van der Waals surface area contributed by atoms with Crippen LogP contribution in [0.25, 0.3) is 0 Å². The van der Waals surface area contributed by atoms with Crippen molar-refractivity contribution >= 4 is 23.2 Å². The molecule has 1 saturated heterocycles. The van der Waals surface area contributed by atoms with Crippen molar-refractivity contribution in [3.63, 3.8) is 0 Å². The number of hydrogen-bond acceptors (Lipinski definition) is 6. The average molecular weight is 368 g/mol. The molecule has 1 aromatic heterocycles. The van der Waals surface area contributed by atoms with Crippen LogP contribution in [0.1, 0.15) is 18.9 Å². The Bertz CT molecular complexity index is 776. The van der Waals surface area contributed by atoms with E-state index in [0.717, 1.165) is 43.4 Å². The SMILES string of the molecule is CC(=O)Nc1ccc(CN2CCC(N(C)c3cc(N(C)C)ncn3)C2)cc1. The van der Waals surface area contributed by atoms with Crippen molar-refractivity contribution in [2.45, 2.75) is 25.9 Å². The molecule has 1 aromatic carbocycles. The topological polar surface area (TPSA) is 64.6 Å². The molecule has 1 aliphatic rings. The van der Waals surface area contributed by atoms with Crippen LogP contribution in [0.15, 0.2) is 36.7 Å². The highest BCUT2D eigenvalue weighted by Gasteiger charge is 2.26. The Morgan fingerprint density at radius 3 is 2.56 bits per heavy atom. The minimum absolute atomic E-state index is 0.0460. The molecule has 1 aliphatic heterocycles. The quantitative estimate of drug-likeness (QED) is 0.843. The van der Waals surface area contributed by atoms with Gasteiger partial charge in [0.1, 0.15) is 18.0 Å². The van der Waals surface area contributed by atoms with E-state index in [1.165, 1.54) is 12.5 Å². The lowest BCUT2D eigenvalue weighted by Gasteiger charge is -2.26. The molecule has 144 valence electrons. The molecule has 0 radical (unpaired) electrons. The van der Waals surface area contributed by atoms with Crippen molar-refractivity contribution in [3.05, 3.63) is 42.2 Å². The summed E-state index contributed by atoms with van der Waals surface area (Å²) in [5.74, 6) is 1.83. The van der Waals surface area contributed by atoms with Gasteiger partial charge in [-0.1, -0.05) is 12.1 Å². The predicted octanol–water partition coefficient (Wildman–Crippen LogP) is 2.21. The summed E-state index contributed by atoms with van der Waals surface area (Å²) in [5, 5.41) is 2.80. The zero-order valence-electron chi connectivity index (χ0n) is 16.5. The fraction of sp³-hybridized carbons (Fsp3) is 0.450. The van der Waals surface area contributed by atoms with E-state index in [2.05, 4.69) is 44.3 Å². The summed E-state index contributed by atoms with van der Waals surface area (Å²) >= 11 is 0. The van der Waals surface area contributed by atoms with Gasteiger partial charge in [-0.15, -0.1) is 0 Å². The predicted molar refractivity (Wildman–Crippen MR) is 109 cm³/mol. The van der Waals surface area contributed by atoms with Crippen LogP contribution in [0.3, 0.4) is 0 Å². The third-order valence-electron chi connectivity index (χ3n) is 4.93. The summed E-state index contributed by atoms with van der Waals surface area (Å²) in [6.45, 7) is 4.50. The monoisotopic (exact) mass is 368 g/mol. The summed E-state index contributed by atoms with van der Waals surface area (Å²) in [6.07, 6.45) is 2.74. The molecular weight excluding hydrogens is 340 g/mol. The van der Waals surface area contributed by atoms with Gasteiger partial charge in [-0.2, -0.15) is 0 Å². The Kier molecular flexibility index (Phi) is 5.91. The van der Waals surface area contributed by atoms with E-state index < -0.39 is 0 Å². The molecule has 0 aliphatic carbocycles. The maximum absolute atomic E-state index is 11.1. The van der Waals surface area contributed by atoms with Gasteiger partial charge >= 0.3 is 0 Å². The Labute approximate surface area is 161 Å². The first-order valence-corrected chi connectivity index (χ1v) is 9.23. The Balaban J connectivity index is 1.58. The van der Waals surface area contributed by atoms with Crippen molar-refractivity contribution in [1.29, 1.82) is 0 Å². The highest BCUT2D eigenvalue weighted by Crippen LogP contribution is 2.23. The molecular formula is C20H28N6O. The maximum atomic E-state index is 11.1. The highest BCUT2D eigenvalue weighted by atomic mass is 16.1. The van der Waals surface area contributed by atoms with E-state index in [9.17, 15) is 4.79 Å². The van der Waals surface area contributed by atoms with Crippen LogP contribution in [0.4, 0.5) is 17.3 Å². The average Bonchev–Trinajstić information content (AvgIpc) is 3.11. The zero-order valence-corrected chi connectivity index (χ0v) is 16.5. The van der Waals surface area contributed by atoms with Gasteiger partial charge in [-0.05, 0) is 24.1 Å². The first-order valence-electron chi connectivity index (χ1n) is 9.23. The molecule has 7 nitrogen and oxygen atoms in total. The highest BCUT2D eigenvalue weighted by molar-refractivity contribution is 5.88. The van der Waals surface area contributed by atoms with Crippen molar-refractivity contribution in [1.82, 2.24) is 14.9 Å². The number of likely N-dealkylation sites (N-methyl/N-ethyl adjacent to an activating group) is 1. The lowest BCUT2D eigenvalue weighted by Crippen LogP contribution is -2.35. The van der Waals surface area contributed by atoms with Gasteiger partial charge in [0.15, 0.2) is 0 Å². The lowest BCUT2D eigenvalue weighted by atomic mass is 10.2. The van der Waals surface area contributed by atoms with Gasteiger partial charge in [0.25, 0.3) is 0 Å². The van der Waals surface area contributed by atoms with Crippen LogP contribution in [0, 0.1) is 0 Å². The lowest BCUT2D eigenvalue weighted by molar-refractivity contribution is -0.114. The second kappa shape index (κ2) is 8.35. The number of benzene rings is 1. The van der Waals surface area contributed by atoms with Gasteiger partial charge in [-0.3, -0.25) is 9.69 Å². The minimum Gasteiger partial charge on any atom is -0.363 e. The standard InChI is InChI=1S/C20H28N6O/c1-15(27)23-17-7-5-16(6-8-17)12-26-10-9-18(13-26)25(4)20-11-19(24(2)3)21-14-22-20/h5-8,11,14,18H,9-10,12-13H2,1-4H3,(H,23,27). The number of aromatic nitrogens is 2. The van der Waals surface area contributed by atoms with Crippen LogP contribution < -0.4 is 15.1 Å². The van der Waals surface area contributed by atoms with Gasteiger partial charge in [0.2, 0.25) is 5.91 Å². The number of amides is 1. The largest absolute Gasteiger partial charge is 0.363 e. The van der Waals surface area contributed by atoms with Crippen LogP contribution in [-0.4, -0.2) is 61.0 Å². The van der Waals surface area contributed by atoms with Crippen molar-refractivity contribution in [2.24, 2.45) is 0 Å². The molecule has 2 heterocycles. The van der Waals surface area contributed by atoms with Crippen molar-refractivity contribution in [2.75, 3.05) is 49.3 Å². The second-order valence-corrected chi connectivity index (χ2v) is 7.30. The fourth-order valence-corrected chi connectivity index (χ4v) is 3.39. The van der Waals surface area contributed by atoms with Gasteiger partial charge in [0, 0.05) is 65.5 Å². The summed E-state index contributed by atoms with van der Waals surface area (Å²) < 4.78 is 0.